The average Bonchev–Trinajstić information content (AvgIpc) is 2.64. The molecule has 0 aliphatic rings. The number of aliphatic hydroxyl groups is 2. The van der Waals surface area contributed by atoms with Crippen molar-refractivity contribution in [3.8, 4) is 5.75 Å². The SMILES string of the molecule is CS(=O)(=O)c1ccc([C@H](O)C(CF)NC(=O)c2cccc(O)c2CO)cc1. The summed E-state index contributed by atoms with van der Waals surface area (Å²) in [6.45, 7) is -1.68. The predicted molar refractivity (Wildman–Crippen MR) is 95.8 cm³/mol. The van der Waals surface area contributed by atoms with Crippen LogP contribution in [0.1, 0.15) is 27.6 Å². The number of aliphatic hydroxyl groups excluding tert-OH is 2. The van der Waals surface area contributed by atoms with E-state index in [1.54, 1.807) is 0 Å². The van der Waals surface area contributed by atoms with E-state index in [2.05, 4.69) is 5.32 Å². The summed E-state index contributed by atoms with van der Waals surface area (Å²) in [7, 11) is -3.41. The molecule has 0 aliphatic heterocycles. The Hall–Kier alpha value is -2.49. The fourth-order valence-electron chi connectivity index (χ4n) is 2.55. The minimum Gasteiger partial charge on any atom is -0.508 e. The van der Waals surface area contributed by atoms with Gasteiger partial charge in [-0.15, -0.1) is 0 Å². The molecule has 146 valence electrons. The maximum atomic E-state index is 13.4. The highest BCUT2D eigenvalue weighted by Gasteiger charge is 2.25. The molecule has 2 atom stereocenters. The lowest BCUT2D eigenvalue weighted by Crippen LogP contribution is -2.41. The summed E-state index contributed by atoms with van der Waals surface area (Å²) in [5, 5.41) is 31.7. The number of hydrogen-bond donors (Lipinski definition) is 4. The third kappa shape index (κ3) is 4.82. The number of sulfone groups is 1. The molecule has 0 spiro atoms. The van der Waals surface area contributed by atoms with Crippen LogP contribution in [0.5, 0.6) is 5.75 Å². The van der Waals surface area contributed by atoms with Crippen LogP contribution in [0.4, 0.5) is 4.39 Å². The molecule has 4 N–H and O–H groups in total. The molecule has 2 rings (SSSR count). The molecule has 9 heteroatoms. The molecule has 27 heavy (non-hydrogen) atoms. The van der Waals surface area contributed by atoms with Crippen LogP contribution in [-0.4, -0.2) is 48.6 Å². The fourth-order valence-corrected chi connectivity index (χ4v) is 3.18. The summed E-state index contributed by atoms with van der Waals surface area (Å²) < 4.78 is 36.4. The molecule has 0 aromatic heterocycles. The lowest BCUT2D eigenvalue weighted by Gasteiger charge is -2.22. The standard InChI is InChI=1S/C18H20FNO6S/c1-27(25,26)12-7-5-11(6-8-12)17(23)15(9-19)20-18(24)13-3-2-4-16(22)14(13)10-21/h2-8,15,17,21-23H,9-10H2,1H3,(H,20,24)/t15?,17-/m0/s1. The van der Waals surface area contributed by atoms with Gasteiger partial charge in [-0.05, 0) is 29.8 Å². The smallest absolute Gasteiger partial charge is 0.252 e. The van der Waals surface area contributed by atoms with Crippen LogP contribution in [0.15, 0.2) is 47.4 Å². The number of nitrogens with one attached hydrogen (secondary N) is 1. The number of aromatic hydroxyl groups is 1. The maximum absolute atomic E-state index is 13.4. The van der Waals surface area contributed by atoms with Crippen molar-refractivity contribution in [1.29, 1.82) is 0 Å². The van der Waals surface area contributed by atoms with Crippen molar-refractivity contribution in [2.45, 2.75) is 23.6 Å². The highest BCUT2D eigenvalue weighted by atomic mass is 32.2. The zero-order valence-electron chi connectivity index (χ0n) is 14.5. The number of phenols is 1. The molecule has 2 aromatic carbocycles. The number of hydrogen-bond acceptors (Lipinski definition) is 6. The average molecular weight is 397 g/mol. The Kier molecular flexibility index (Phi) is 6.53. The zero-order chi connectivity index (χ0) is 20.2. The van der Waals surface area contributed by atoms with Crippen molar-refractivity contribution in [1.82, 2.24) is 5.32 Å². The van der Waals surface area contributed by atoms with E-state index in [0.717, 1.165) is 6.26 Å². The Labute approximate surface area is 156 Å². The second-order valence-corrected chi connectivity index (χ2v) is 8.00. The van der Waals surface area contributed by atoms with Crippen molar-refractivity contribution in [3.63, 3.8) is 0 Å². The van der Waals surface area contributed by atoms with E-state index >= 15 is 0 Å². The van der Waals surface area contributed by atoms with E-state index in [-0.39, 0.29) is 27.3 Å². The van der Waals surface area contributed by atoms with Crippen molar-refractivity contribution >= 4 is 15.7 Å². The monoisotopic (exact) mass is 397 g/mol. The summed E-state index contributed by atoms with van der Waals surface area (Å²) >= 11 is 0. The van der Waals surface area contributed by atoms with Gasteiger partial charge in [0.2, 0.25) is 0 Å². The molecule has 0 bridgehead atoms. The molecule has 0 aliphatic carbocycles. The summed E-state index contributed by atoms with van der Waals surface area (Å²) in [6.07, 6.45) is -0.390. The number of carbonyl (C=O) groups excluding carboxylic acids is 1. The molecule has 2 aromatic rings. The van der Waals surface area contributed by atoms with Crippen molar-refractivity contribution < 1.29 is 32.9 Å². The maximum Gasteiger partial charge on any atom is 0.252 e. The molecule has 0 heterocycles. The third-order valence-corrected chi connectivity index (χ3v) is 5.20. The number of alkyl halides is 1. The number of amides is 1. The molecule has 1 unspecified atom stereocenters. The number of carbonyl (C=O) groups is 1. The van der Waals surface area contributed by atoms with Gasteiger partial charge in [0.1, 0.15) is 18.5 Å². The highest BCUT2D eigenvalue weighted by molar-refractivity contribution is 7.90. The van der Waals surface area contributed by atoms with Gasteiger partial charge in [0.25, 0.3) is 5.91 Å². The van der Waals surface area contributed by atoms with Gasteiger partial charge in [-0.2, -0.15) is 0 Å². The lowest BCUT2D eigenvalue weighted by atomic mass is 10.0. The summed E-state index contributed by atoms with van der Waals surface area (Å²) in [5.74, 6) is -1.05. The Morgan fingerprint density at radius 2 is 1.81 bits per heavy atom. The normalized spacial score (nSPS) is 13.8. The van der Waals surface area contributed by atoms with Crippen LogP contribution in [0.25, 0.3) is 0 Å². The van der Waals surface area contributed by atoms with Gasteiger partial charge < -0.3 is 20.6 Å². The van der Waals surface area contributed by atoms with E-state index in [4.69, 9.17) is 0 Å². The van der Waals surface area contributed by atoms with Gasteiger partial charge in [-0.3, -0.25) is 4.79 Å². The van der Waals surface area contributed by atoms with Crippen LogP contribution in [0.3, 0.4) is 0 Å². The molecule has 0 fully saturated rings. The molecule has 0 radical (unpaired) electrons. The molecular formula is C18H20FNO6S. The van der Waals surface area contributed by atoms with Crippen molar-refractivity contribution in [2.75, 3.05) is 12.9 Å². The van der Waals surface area contributed by atoms with Crippen LogP contribution >= 0.6 is 0 Å². The van der Waals surface area contributed by atoms with Crippen molar-refractivity contribution in [3.05, 3.63) is 59.2 Å². The van der Waals surface area contributed by atoms with E-state index < -0.39 is 41.2 Å². The summed E-state index contributed by atoms with van der Waals surface area (Å²) in [4.78, 5) is 12.4. The number of benzene rings is 2. The minimum atomic E-state index is -3.41. The van der Waals surface area contributed by atoms with Crippen LogP contribution < -0.4 is 5.32 Å². The van der Waals surface area contributed by atoms with E-state index in [1.165, 1.54) is 42.5 Å². The Bertz CT molecular complexity index is 914. The number of halogens is 1. The van der Waals surface area contributed by atoms with E-state index in [0.29, 0.717) is 0 Å². The quantitative estimate of drug-likeness (QED) is 0.554. The Morgan fingerprint density at radius 1 is 1.19 bits per heavy atom. The second kappa shape index (κ2) is 8.47. The molecule has 0 saturated carbocycles. The predicted octanol–water partition coefficient (Wildman–Crippen LogP) is 1.09. The lowest BCUT2D eigenvalue weighted by molar-refractivity contribution is 0.0788. The fraction of sp³-hybridized carbons (Fsp3) is 0.278. The molecule has 1 amide bonds. The second-order valence-electron chi connectivity index (χ2n) is 5.98. The van der Waals surface area contributed by atoms with Crippen LogP contribution in [-0.2, 0) is 16.4 Å². The van der Waals surface area contributed by atoms with Gasteiger partial charge in [-0.25, -0.2) is 12.8 Å². The first kappa shape index (κ1) is 20.8. The van der Waals surface area contributed by atoms with Gasteiger partial charge >= 0.3 is 0 Å². The molecular weight excluding hydrogens is 377 g/mol. The first-order valence-electron chi connectivity index (χ1n) is 7.95. The van der Waals surface area contributed by atoms with Gasteiger partial charge in [0.15, 0.2) is 9.84 Å². The summed E-state index contributed by atoms with van der Waals surface area (Å²) in [5.41, 5.74) is 0.166. The third-order valence-electron chi connectivity index (χ3n) is 4.07. The van der Waals surface area contributed by atoms with E-state index in [1.807, 2.05) is 0 Å². The summed E-state index contributed by atoms with van der Waals surface area (Å²) in [6, 6.07) is 7.97. The minimum absolute atomic E-state index is 0.0143. The van der Waals surface area contributed by atoms with Gasteiger partial charge in [0.05, 0.1) is 17.5 Å². The highest BCUT2D eigenvalue weighted by Crippen LogP contribution is 2.23. The first-order valence-corrected chi connectivity index (χ1v) is 9.84. The first-order chi connectivity index (χ1) is 12.7. The van der Waals surface area contributed by atoms with Crippen LogP contribution in [0.2, 0.25) is 0 Å². The Balaban J connectivity index is 2.21. The Morgan fingerprint density at radius 3 is 2.33 bits per heavy atom. The molecule has 7 nitrogen and oxygen atoms in total. The van der Waals surface area contributed by atoms with E-state index in [9.17, 15) is 32.9 Å². The zero-order valence-corrected chi connectivity index (χ0v) is 15.3. The molecule has 0 saturated heterocycles. The van der Waals surface area contributed by atoms with Gasteiger partial charge in [0, 0.05) is 17.4 Å². The van der Waals surface area contributed by atoms with Crippen molar-refractivity contribution in [2.24, 2.45) is 0 Å². The topological polar surface area (TPSA) is 124 Å². The largest absolute Gasteiger partial charge is 0.508 e. The van der Waals surface area contributed by atoms with Gasteiger partial charge in [-0.1, -0.05) is 18.2 Å². The number of rotatable bonds is 7. The van der Waals surface area contributed by atoms with Crippen LogP contribution in [0, 0.1) is 0 Å².